The minimum atomic E-state index is -0.507. The van der Waals surface area contributed by atoms with Crippen LogP contribution in [0.1, 0.15) is 30.1 Å². The molecular weight excluding hydrogens is 311 g/mol. The van der Waals surface area contributed by atoms with Gasteiger partial charge in [0.05, 0.1) is 10.0 Å². The van der Waals surface area contributed by atoms with Crippen LogP contribution >= 0.6 is 15.9 Å². The van der Waals surface area contributed by atoms with Gasteiger partial charge in [-0.15, -0.1) is 0 Å². The van der Waals surface area contributed by atoms with E-state index in [-0.39, 0.29) is 16.9 Å². The first-order valence-corrected chi connectivity index (χ1v) is 7.24. The zero-order chi connectivity index (χ0) is 13.9. The monoisotopic (exact) mass is 328 g/mol. The summed E-state index contributed by atoms with van der Waals surface area (Å²) in [6, 6.07) is 4.74. The number of hydrogen-bond acceptors (Lipinski definition) is 2. The van der Waals surface area contributed by atoms with Gasteiger partial charge in [0.25, 0.3) is 5.91 Å². The van der Waals surface area contributed by atoms with Crippen molar-refractivity contribution in [3.63, 3.8) is 0 Å². The summed E-state index contributed by atoms with van der Waals surface area (Å²) in [5.74, 6) is -0.863. The van der Waals surface area contributed by atoms with Crippen LogP contribution in [0.4, 0.5) is 4.39 Å². The third-order valence-electron chi connectivity index (χ3n) is 3.56. The second-order valence-corrected chi connectivity index (χ2v) is 6.23. The Morgan fingerprint density at radius 3 is 3.05 bits per heavy atom. The third-order valence-corrected chi connectivity index (χ3v) is 4.17. The molecule has 1 aliphatic rings. The molecular formula is C14H18BrFN2O. The Balaban J connectivity index is 1.99. The van der Waals surface area contributed by atoms with Crippen LogP contribution in [0.2, 0.25) is 0 Å². The van der Waals surface area contributed by atoms with Gasteiger partial charge >= 0.3 is 0 Å². The number of nitrogens with one attached hydrogen (secondary N) is 2. The molecule has 19 heavy (non-hydrogen) atoms. The maximum absolute atomic E-state index is 13.8. The molecule has 0 saturated carbocycles. The van der Waals surface area contributed by atoms with Crippen molar-refractivity contribution in [3.05, 3.63) is 34.1 Å². The molecule has 0 spiro atoms. The molecule has 1 aromatic rings. The first kappa shape index (κ1) is 14.5. The first-order chi connectivity index (χ1) is 9.02. The van der Waals surface area contributed by atoms with Gasteiger partial charge in [-0.2, -0.15) is 0 Å². The van der Waals surface area contributed by atoms with E-state index in [9.17, 15) is 9.18 Å². The van der Waals surface area contributed by atoms with Gasteiger partial charge in [-0.25, -0.2) is 4.39 Å². The van der Waals surface area contributed by atoms with Gasteiger partial charge in [0.2, 0.25) is 0 Å². The molecule has 1 saturated heterocycles. The van der Waals surface area contributed by atoms with Crippen molar-refractivity contribution in [2.24, 2.45) is 5.41 Å². The molecule has 1 aromatic carbocycles. The molecule has 104 valence electrons. The molecule has 0 aliphatic carbocycles. The molecule has 0 bridgehead atoms. The number of carbonyl (C=O) groups is 1. The Hall–Kier alpha value is -0.940. The summed E-state index contributed by atoms with van der Waals surface area (Å²) in [7, 11) is 0. The summed E-state index contributed by atoms with van der Waals surface area (Å²) in [4.78, 5) is 12.0. The van der Waals surface area contributed by atoms with Crippen molar-refractivity contribution in [3.8, 4) is 0 Å². The van der Waals surface area contributed by atoms with E-state index < -0.39 is 5.82 Å². The molecule has 1 unspecified atom stereocenters. The van der Waals surface area contributed by atoms with E-state index in [1.54, 1.807) is 12.1 Å². The van der Waals surface area contributed by atoms with E-state index >= 15 is 0 Å². The van der Waals surface area contributed by atoms with Crippen LogP contribution in [0.3, 0.4) is 0 Å². The molecule has 1 heterocycles. The normalized spacial score (nSPS) is 23.1. The zero-order valence-electron chi connectivity index (χ0n) is 10.9. The Bertz CT molecular complexity index is 473. The molecule has 3 nitrogen and oxygen atoms in total. The van der Waals surface area contributed by atoms with Crippen LogP contribution in [0, 0.1) is 11.2 Å². The van der Waals surface area contributed by atoms with E-state index in [4.69, 9.17) is 0 Å². The van der Waals surface area contributed by atoms with Gasteiger partial charge in [-0.05, 0) is 52.9 Å². The van der Waals surface area contributed by atoms with Crippen LogP contribution in [0.5, 0.6) is 0 Å². The maximum atomic E-state index is 13.8. The van der Waals surface area contributed by atoms with E-state index in [1.807, 2.05) is 0 Å². The second kappa shape index (κ2) is 6.01. The molecule has 2 rings (SSSR count). The van der Waals surface area contributed by atoms with Gasteiger partial charge < -0.3 is 10.6 Å². The number of piperidine rings is 1. The summed E-state index contributed by atoms with van der Waals surface area (Å²) in [6.45, 7) is 4.61. The van der Waals surface area contributed by atoms with Crippen LogP contribution in [-0.2, 0) is 0 Å². The predicted molar refractivity (Wildman–Crippen MR) is 76.6 cm³/mol. The number of halogens is 2. The second-order valence-electron chi connectivity index (χ2n) is 5.38. The molecule has 1 atom stereocenters. The summed E-state index contributed by atoms with van der Waals surface area (Å²) in [6.07, 6.45) is 2.18. The van der Waals surface area contributed by atoms with Crippen molar-refractivity contribution >= 4 is 21.8 Å². The SMILES string of the molecule is CC1(CNC(=O)c2cccc(Br)c2F)CCCNC1. The van der Waals surface area contributed by atoms with Crippen molar-refractivity contribution in [1.82, 2.24) is 10.6 Å². The summed E-state index contributed by atoms with van der Waals surface area (Å²) in [5.41, 5.74) is 0.137. The highest BCUT2D eigenvalue weighted by atomic mass is 79.9. The van der Waals surface area contributed by atoms with Crippen LogP contribution in [0.15, 0.2) is 22.7 Å². The Morgan fingerprint density at radius 2 is 2.37 bits per heavy atom. The number of hydrogen-bond donors (Lipinski definition) is 2. The van der Waals surface area contributed by atoms with Crippen LogP contribution in [0.25, 0.3) is 0 Å². The number of amides is 1. The Labute approximate surface area is 121 Å². The maximum Gasteiger partial charge on any atom is 0.254 e. The molecule has 5 heteroatoms. The summed E-state index contributed by atoms with van der Waals surface area (Å²) < 4.78 is 14.1. The van der Waals surface area contributed by atoms with E-state index in [0.29, 0.717) is 11.0 Å². The van der Waals surface area contributed by atoms with E-state index in [2.05, 4.69) is 33.5 Å². The molecule has 0 radical (unpaired) electrons. The zero-order valence-corrected chi connectivity index (χ0v) is 12.5. The van der Waals surface area contributed by atoms with Crippen molar-refractivity contribution < 1.29 is 9.18 Å². The van der Waals surface area contributed by atoms with Gasteiger partial charge in [0.15, 0.2) is 0 Å². The van der Waals surface area contributed by atoms with Crippen molar-refractivity contribution in [2.45, 2.75) is 19.8 Å². The van der Waals surface area contributed by atoms with Gasteiger partial charge in [0.1, 0.15) is 5.82 Å². The lowest BCUT2D eigenvalue weighted by Gasteiger charge is -2.34. The van der Waals surface area contributed by atoms with Gasteiger partial charge in [-0.3, -0.25) is 4.79 Å². The highest BCUT2D eigenvalue weighted by Crippen LogP contribution is 2.24. The number of rotatable bonds is 3. The quantitative estimate of drug-likeness (QED) is 0.895. The smallest absolute Gasteiger partial charge is 0.254 e. The molecule has 1 aliphatic heterocycles. The highest BCUT2D eigenvalue weighted by Gasteiger charge is 2.27. The third kappa shape index (κ3) is 3.54. The fourth-order valence-corrected chi connectivity index (χ4v) is 2.70. The van der Waals surface area contributed by atoms with E-state index in [1.165, 1.54) is 6.07 Å². The average molecular weight is 329 g/mol. The van der Waals surface area contributed by atoms with Gasteiger partial charge in [-0.1, -0.05) is 13.0 Å². The summed E-state index contributed by atoms with van der Waals surface area (Å²) in [5, 5.41) is 6.16. The first-order valence-electron chi connectivity index (χ1n) is 6.45. The molecule has 2 N–H and O–H groups in total. The molecule has 1 fully saturated rings. The largest absolute Gasteiger partial charge is 0.351 e. The van der Waals surface area contributed by atoms with Crippen molar-refractivity contribution in [2.75, 3.05) is 19.6 Å². The number of benzene rings is 1. The number of carbonyl (C=O) groups excluding carboxylic acids is 1. The molecule has 0 aromatic heterocycles. The molecule has 1 amide bonds. The van der Waals surface area contributed by atoms with Crippen LogP contribution < -0.4 is 10.6 Å². The Kier molecular flexibility index (Phi) is 4.58. The fraction of sp³-hybridized carbons (Fsp3) is 0.500. The predicted octanol–water partition coefficient (Wildman–Crippen LogP) is 2.71. The van der Waals surface area contributed by atoms with Gasteiger partial charge in [0, 0.05) is 13.1 Å². The lowest BCUT2D eigenvalue weighted by Crippen LogP contribution is -2.45. The average Bonchev–Trinajstić information content (AvgIpc) is 2.40. The summed E-state index contributed by atoms with van der Waals surface area (Å²) >= 11 is 3.09. The fourth-order valence-electron chi connectivity index (χ4n) is 2.34. The Morgan fingerprint density at radius 1 is 1.58 bits per heavy atom. The van der Waals surface area contributed by atoms with E-state index in [0.717, 1.165) is 25.9 Å². The topological polar surface area (TPSA) is 41.1 Å². The minimum absolute atomic E-state index is 0.0520. The van der Waals surface area contributed by atoms with Crippen molar-refractivity contribution in [1.29, 1.82) is 0 Å². The lowest BCUT2D eigenvalue weighted by molar-refractivity contribution is 0.0920. The minimum Gasteiger partial charge on any atom is -0.351 e. The highest BCUT2D eigenvalue weighted by molar-refractivity contribution is 9.10. The van der Waals surface area contributed by atoms with Crippen LogP contribution in [-0.4, -0.2) is 25.5 Å². The lowest BCUT2D eigenvalue weighted by atomic mass is 9.83. The standard InChI is InChI=1S/C14H18BrFN2O/c1-14(6-3-7-17-8-14)9-18-13(19)10-4-2-5-11(15)12(10)16/h2,4-5,17H,3,6-9H2,1H3,(H,18,19).